The van der Waals surface area contributed by atoms with Crippen LogP contribution in [0.3, 0.4) is 0 Å². The number of nitrogens with zero attached hydrogens (tertiary/aromatic N) is 5. The molecule has 1 aliphatic heterocycles. The summed E-state index contributed by atoms with van der Waals surface area (Å²) in [6, 6.07) is 14.0. The number of urea groups is 1. The van der Waals surface area contributed by atoms with Gasteiger partial charge in [-0.25, -0.2) is 14.8 Å². The van der Waals surface area contributed by atoms with Gasteiger partial charge >= 0.3 is 6.03 Å². The van der Waals surface area contributed by atoms with Crippen LogP contribution in [0.25, 0.3) is 0 Å². The first-order valence-electron chi connectivity index (χ1n) is 10.00. The zero-order valence-corrected chi connectivity index (χ0v) is 19.7. The number of nitriles is 1. The Morgan fingerprint density at radius 1 is 1.12 bits per heavy atom. The number of amides is 2. The number of nitrogen functional groups attached to an aromatic ring is 1. The third kappa shape index (κ3) is 5.42. The molecule has 2 aromatic carbocycles. The van der Waals surface area contributed by atoms with Gasteiger partial charge in [0, 0.05) is 36.8 Å². The summed E-state index contributed by atoms with van der Waals surface area (Å²) < 4.78 is 0. The Bertz CT molecular complexity index is 1210. The fraction of sp³-hybridized carbons (Fsp3) is 0.182. The van der Waals surface area contributed by atoms with Gasteiger partial charge in [0.2, 0.25) is 0 Å². The maximum atomic E-state index is 12.5. The highest BCUT2D eigenvalue weighted by molar-refractivity contribution is 7.99. The summed E-state index contributed by atoms with van der Waals surface area (Å²) >= 11 is 13.6. The summed E-state index contributed by atoms with van der Waals surface area (Å²) in [4.78, 5) is 26.0. The van der Waals surface area contributed by atoms with Crippen molar-refractivity contribution in [1.29, 1.82) is 5.26 Å². The van der Waals surface area contributed by atoms with Crippen LogP contribution in [0.2, 0.25) is 10.0 Å². The molecule has 0 atom stereocenters. The minimum Gasteiger partial charge on any atom is -0.381 e. The zero-order chi connectivity index (χ0) is 23.4. The summed E-state index contributed by atoms with van der Waals surface area (Å²) in [6.07, 6.45) is 1.67. The van der Waals surface area contributed by atoms with Crippen molar-refractivity contribution in [3.05, 3.63) is 64.3 Å². The van der Waals surface area contributed by atoms with Crippen molar-refractivity contribution >= 4 is 58.3 Å². The lowest BCUT2D eigenvalue weighted by Gasteiger charge is -2.35. The molecular formula is C22H19Cl2N7OS. The topological polar surface area (TPSA) is 111 Å². The maximum absolute atomic E-state index is 12.5. The summed E-state index contributed by atoms with van der Waals surface area (Å²) in [7, 11) is 0. The number of rotatable bonds is 4. The Balaban J connectivity index is 1.35. The second-order valence-corrected chi connectivity index (χ2v) is 8.98. The Labute approximate surface area is 205 Å². The molecule has 0 aliphatic carbocycles. The molecule has 0 bridgehead atoms. The molecule has 2 amide bonds. The number of carbonyl (C=O) groups excluding carboxylic acids is 1. The monoisotopic (exact) mass is 499 g/mol. The minimum atomic E-state index is -0.185. The van der Waals surface area contributed by atoms with E-state index in [0.717, 1.165) is 4.90 Å². The van der Waals surface area contributed by atoms with E-state index in [-0.39, 0.29) is 6.03 Å². The van der Waals surface area contributed by atoms with Crippen LogP contribution < -0.4 is 16.0 Å². The molecule has 2 heterocycles. The number of halogens is 2. The summed E-state index contributed by atoms with van der Waals surface area (Å²) in [5.41, 5.74) is 7.34. The molecular weight excluding hydrogens is 481 g/mol. The van der Waals surface area contributed by atoms with Crippen molar-refractivity contribution in [2.45, 2.75) is 9.92 Å². The number of aromatic nitrogens is 2. The molecule has 0 radical (unpaired) electrons. The van der Waals surface area contributed by atoms with Gasteiger partial charge in [-0.15, -0.1) is 0 Å². The third-order valence-corrected chi connectivity index (χ3v) is 7.03. The first-order chi connectivity index (χ1) is 15.9. The van der Waals surface area contributed by atoms with Gasteiger partial charge in [0.1, 0.15) is 10.8 Å². The van der Waals surface area contributed by atoms with E-state index >= 15 is 0 Å². The Kier molecular flexibility index (Phi) is 7.08. The van der Waals surface area contributed by atoms with Crippen molar-refractivity contribution in [2.75, 3.05) is 42.1 Å². The molecule has 1 aromatic heterocycles. The first kappa shape index (κ1) is 23.0. The number of benzene rings is 2. The highest BCUT2D eigenvalue weighted by Crippen LogP contribution is 2.38. The molecule has 4 rings (SSSR count). The van der Waals surface area contributed by atoms with Crippen LogP contribution in [0.1, 0.15) is 5.56 Å². The molecule has 3 aromatic rings. The maximum Gasteiger partial charge on any atom is 0.321 e. The summed E-state index contributed by atoms with van der Waals surface area (Å²) in [5, 5.41) is 13.2. The van der Waals surface area contributed by atoms with E-state index in [9.17, 15) is 4.79 Å². The van der Waals surface area contributed by atoms with E-state index in [1.807, 2.05) is 17.0 Å². The van der Waals surface area contributed by atoms with Crippen LogP contribution in [0.5, 0.6) is 0 Å². The lowest BCUT2D eigenvalue weighted by atomic mass is 10.2. The lowest BCUT2D eigenvalue weighted by Crippen LogP contribution is -2.50. The first-order valence-corrected chi connectivity index (χ1v) is 11.6. The van der Waals surface area contributed by atoms with Gasteiger partial charge in [0.15, 0.2) is 5.82 Å². The van der Waals surface area contributed by atoms with Gasteiger partial charge in [-0.1, -0.05) is 41.0 Å². The second kappa shape index (κ2) is 10.2. The second-order valence-electron chi connectivity index (χ2n) is 7.17. The summed E-state index contributed by atoms with van der Waals surface area (Å²) in [6.45, 7) is 2.25. The Morgan fingerprint density at radius 3 is 2.52 bits per heavy atom. The van der Waals surface area contributed by atoms with Gasteiger partial charge in [0.25, 0.3) is 0 Å². The number of hydrogen-bond acceptors (Lipinski definition) is 7. The predicted molar refractivity (Wildman–Crippen MR) is 131 cm³/mol. The fourth-order valence-corrected chi connectivity index (χ4v) is 4.53. The minimum absolute atomic E-state index is 0.185. The number of piperazine rings is 1. The van der Waals surface area contributed by atoms with Crippen LogP contribution in [-0.2, 0) is 0 Å². The molecule has 8 nitrogen and oxygen atoms in total. The number of hydrogen-bond donors (Lipinski definition) is 2. The van der Waals surface area contributed by atoms with E-state index in [0.29, 0.717) is 64.1 Å². The van der Waals surface area contributed by atoms with Crippen molar-refractivity contribution in [2.24, 2.45) is 0 Å². The van der Waals surface area contributed by atoms with Crippen LogP contribution in [0, 0.1) is 11.3 Å². The smallest absolute Gasteiger partial charge is 0.321 e. The molecule has 0 spiro atoms. The van der Waals surface area contributed by atoms with Crippen LogP contribution in [0.4, 0.5) is 22.1 Å². The molecule has 0 unspecified atom stereocenters. The highest BCUT2D eigenvalue weighted by Gasteiger charge is 2.23. The number of anilines is 3. The fourth-order valence-electron chi connectivity index (χ4n) is 3.25. The van der Waals surface area contributed by atoms with E-state index in [1.165, 1.54) is 11.8 Å². The molecule has 0 saturated carbocycles. The van der Waals surface area contributed by atoms with Crippen molar-refractivity contribution in [3.63, 3.8) is 0 Å². The Morgan fingerprint density at radius 2 is 1.85 bits per heavy atom. The SMILES string of the molecule is N#Cc1ccc(NC(=O)N2CCN(c3cnc(Sc4cccc(Cl)c4Cl)c(N)n3)CC2)cc1. The largest absolute Gasteiger partial charge is 0.381 e. The van der Waals surface area contributed by atoms with Gasteiger partial charge in [-0.3, -0.25) is 0 Å². The van der Waals surface area contributed by atoms with E-state index in [4.69, 9.17) is 34.2 Å². The van der Waals surface area contributed by atoms with Gasteiger partial charge < -0.3 is 20.9 Å². The number of nitrogens with two attached hydrogens (primary N) is 1. The Hall–Kier alpha value is -3.19. The van der Waals surface area contributed by atoms with Gasteiger partial charge in [0.05, 0.1) is 27.9 Å². The van der Waals surface area contributed by atoms with Crippen molar-refractivity contribution < 1.29 is 4.79 Å². The lowest BCUT2D eigenvalue weighted by molar-refractivity contribution is 0.208. The summed E-state index contributed by atoms with van der Waals surface area (Å²) in [5.74, 6) is 0.954. The number of nitrogens with one attached hydrogen (secondary N) is 1. The third-order valence-electron chi connectivity index (χ3n) is 5.03. The standard InChI is InChI=1S/C22H19Cl2N7OS/c23-16-2-1-3-17(19(16)24)33-21-20(26)29-18(13-27-21)30-8-10-31(11-9-30)22(32)28-15-6-4-14(12-25)5-7-15/h1-7,13H,8-11H2,(H2,26,29)(H,28,32). The van der Waals surface area contributed by atoms with Crippen LogP contribution in [0.15, 0.2) is 58.6 Å². The highest BCUT2D eigenvalue weighted by atomic mass is 35.5. The van der Waals surface area contributed by atoms with E-state index in [2.05, 4.69) is 21.4 Å². The zero-order valence-electron chi connectivity index (χ0n) is 17.3. The van der Waals surface area contributed by atoms with Crippen LogP contribution >= 0.6 is 35.0 Å². The quantitative estimate of drug-likeness (QED) is 0.532. The molecule has 1 fully saturated rings. The van der Waals surface area contributed by atoms with Gasteiger partial charge in [-0.05, 0) is 36.4 Å². The number of carbonyl (C=O) groups is 1. The van der Waals surface area contributed by atoms with E-state index in [1.54, 1.807) is 41.4 Å². The molecule has 11 heteroatoms. The molecule has 1 saturated heterocycles. The van der Waals surface area contributed by atoms with Gasteiger partial charge in [-0.2, -0.15) is 5.26 Å². The molecule has 33 heavy (non-hydrogen) atoms. The molecule has 1 aliphatic rings. The van der Waals surface area contributed by atoms with Crippen LogP contribution in [-0.4, -0.2) is 47.1 Å². The average molecular weight is 500 g/mol. The molecule has 3 N–H and O–H groups in total. The molecule has 168 valence electrons. The average Bonchev–Trinajstić information content (AvgIpc) is 2.83. The predicted octanol–water partition coefficient (Wildman–Crippen LogP) is 4.74. The van der Waals surface area contributed by atoms with Crippen molar-refractivity contribution in [1.82, 2.24) is 14.9 Å². The normalized spacial score (nSPS) is 13.5. The van der Waals surface area contributed by atoms with E-state index < -0.39 is 0 Å². The van der Waals surface area contributed by atoms with Crippen molar-refractivity contribution in [3.8, 4) is 6.07 Å².